The molecule has 1 aliphatic rings. The fraction of sp³-hybridized carbons (Fsp3) is 0.600. The molecule has 1 fully saturated rings. The van der Waals surface area contributed by atoms with Crippen LogP contribution < -0.4 is 5.32 Å². The van der Waals surface area contributed by atoms with E-state index in [0.29, 0.717) is 18.1 Å². The molecule has 21 heavy (non-hydrogen) atoms. The van der Waals surface area contributed by atoms with Gasteiger partial charge in [-0.15, -0.1) is 0 Å². The van der Waals surface area contributed by atoms with Gasteiger partial charge in [-0.1, -0.05) is 23.7 Å². The van der Waals surface area contributed by atoms with E-state index in [1.165, 1.54) is 4.90 Å². The number of nitrogens with zero attached hydrogens (tertiary/aromatic N) is 1. The summed E-state index contributed by atoms with van der Waals surface area (Å²) >= 11 is 5.86. The van der Waals surface area contributed by atoms with Gasteiger partial charge in [0.05, 0.1) is 6.54 Å². The van der Waals surface area contributed by atoms with Crippen LogP contribution in [0.2, 0.25) is 5.02 Å². The maximum Gasteiger partial charge on any atom is 0.401 e. The van der Waals surface area contributed by atoms with E-state index in [2.05, 4.69) is 12.2 Å². The third kappa shape index (κ3) is 5.49. The van der Waals surface area contributed by atoms with E-state index in [0.717, 1.165) is 18.4 Å². The molecule has 2 rings (SSSR count). The van der Waals surface area contributed by atoms with Gasteiger partial charge in [0.25, 0.3) is 0 Å². The van der Waals surface area contributed by atoms with Crippen molar-refractivity contribution in [2.45, 2.75) is 38.0 Å². The van der Waals surface area contributed by atoms with Crippen molar-refractivity contribution >= 4 is 11.6 Å². The molecule has 1 aromatic rings. The quantitative estimate of drug-likeness (QED) is 0.901. The molecule has 1 unspecified atom stereocenters. The van der Waals surface area contributed by atoms with E-state index >= 15 is 0 Å². The van der Waals surface area contributed by atoms with E-state index in [1.807, 2.05) is 24.3 Å². The van der Waals surface area contributed by atoms with Crippen LogP contribution in [0.25, 0.3) is 0 Å². The largest absolute Gasteiger partial charge is 0.401 e. The van der Waals surface area contributed by atoms with Gasteiger partial charge in [-0.2, -0.15) is 13.2 Å². The van der Waals surface area contributed by atoms with Crippen molar-refractivity contribution in [2.75, 3.05) is 19.6 Å². The molecule has 1 heterocycles. The van der Waals surface area contributed by atoms with Crippen molar-refractivity contribution < 1.29 is 13.2 Å². The highest BCUT2D eigenvalue weighted by molar-refractivity contribution is 6.30. The van der Waals surface area contributed by atoms with Crippen molar-refractivity contribution in [1.29, 1.82) is 0 Å². The first-order valence-electron chi connectivity index (χ1n) is 7.14. The molecule has 1 aromatic carbocycles. The molecule has 2 nitrogen and oxygen atoms in total. The molecular weight excluding hydrogens is 301 g/mol. The summed E-state index contributed by atoms with van der Waals surface area (Å²) in [5.74, 6) is 0. The van der Waals surface area contributed by atoms with Crippen molar-refractivity contribution in [3.8, 4) is 0 Å². The summed E-state index contributed by atoms with van der Waals surface area (Å²) < 4.78 is 37.0. The first-order chi connectivity index (χ1) is 9.83. The van der Waals surface area contributed by atoms with Crippen LogP contribution >= 0.6 is 11.6 Å². The van der Waals surface area contributed by atoms with Gasteiger partial charge < -0.3 is 5.32 Å². The van der Waals surface area contributed by atoms with Crippen LogP contribution in [-0.2, 0) is 0 Å². The van der Waals surface area contributed by atoms with Crippen LogP contribution in [0, 0.1) is 0 Å². The summed E-state index contributed by atoms with van der Waals surface area (Å²) in [6, 6.07) is 8.07. The second-order valence-electron chi connectivity index (χ2n) is 5.61. The highest BCUT2D eigenvalue weighted by atomic mass is 35.5. The second-order valence-corrected chi connectivity index (χ2v) is 6.04. The van der Waals surface area contributed by atoms with E-state index in [1.54, 1.807) is 0 Å². The smallest absolute Gasteiger partial charge is 0.307 e. The molecule has 1 N–H and O–H groups in total. The molecule has 1 saturated heterocycles. The summed E-state index contributed by atoms with van der Waals surface area (Å²) in [4.78, 5) is 1.48. The summed E-state index contributed by atoms with van der Waals surface area (Å²) in [5, 5.41) is 4.19. The average molecular weight is 321 g/mol. The molecule has 0 radical (unpaired) electrons. The highest BCUT2D eigenvalue weighted by Crippen LogP contribution is 2.22. The van der Waals surface area contributed by atoms with E-state index < -0.39 is 12.7 Å². The van der Waals surface area contributed by atoms with Crippen LogP contribution in [0.5, 0.6) is 0 Å². The van der Waals surface area contributed by atoms with Crippen molar-refractivity contribution in [1.82, 2.24) is 10.2 Å². The normalized spacial score (nSPS) is 19.7. The fourth-order valence-corrected chi connectivity index (χ4v) is 2.84. The lowest BCUT2D eigenvalue weighted by Crippen LogP contribution is -2.46. The number of hydrogen-bond donors (Lipinski definition) is 1. The zero-order valence-corrected chi connectivity index (χ0v) is 12.7. The lowest BCUT2D eigenvalue weighted by atomic mass is 10.0. The van der Waals surface area contributed by atoms with E-state index in [9.17, 15) is 13.2 Å². The fourth-order valence-electron chi connectivity index (χ4n) is 2.71. The summed E-state index contributed by atoms with van der Waals surface area (Å²) in [6.07, 6.45) is -2.61. The number of rotatable bonds is 4. The number of hydrogen-bond acceptors (Lipinski definition) is 2. The minimum absolute atomic E-state index is 0.168. The van der Waals surface area contributed by atoms with Gasteiger partial charge in [0.1, 0.15) is 0 Å². The van der Waals surface area contributed by atoms with Gasteiger partial charge in [-0.25, -0.2) is 0 Å². The molecule has 0 amide bonds. The molecule has 0 aromatic heterocycles. The predicted molar refractivity (Wildman–Crippen MR) is 78.5 cm³/mol. The van der Waals surface area contributed by atoms with Gasteiger partial charge >= 0.3 is 6.18 Å². The first kappa shape index (κ1) is 16.6. The highest BCUT2D eigenvalue weighted by Gasteiger charge is 2.32. The van der Waals surface area contributed by atoms with E-state index in [-0.39, 0.29) is 12.1 Å². The Hall–Kier alpha value is -0.780. The molecule has 118 valence electrons. The van der Waals surface area contributed by atoms with Gasteiger partial charge in [-0.3, -0.25) is 4.90 Å². The number of alkyl halides is 3. The van der Waals surface area contributed by atoms with Crippen molar-refractivity contribution in [2.24, 2.45) is 0 Å². The Kier molecular flexibility index (Phi) is 5.52. The SMILES string of the molecule is CC(NC1CCN(CC(F)(F)F)CC1)c1ccc(Cl)cc1. The van der Waals surface area contributed by atoms with Gasteiger partial charge in [0.2, 0.25) is 0 Å². The van der Waals surface area contributed by atoms with Gasteiger partial charge in [-0.05, 0) is 50.6 Å². The number of halogens is 4. The second kappa shape index (κ2) is 6.99. The molecule has 1 aliphatic heterocycles. The number of benzene rings is 1. The third-order valence-electron chi connectivity index (χ3n) is 3.85. The summed E-state index contributed by atoms with van der Waals surface area (Å²) in [7, 11) is 0. The predicted octanol–water partition coefficient (Wildman–Crippen LogP) is 4.02. The Morgan fingerprint density at radius 3 is 2.33 bits per heavy atom. The lowest BCUT2D eigenvalue weighted by molar-refractivity contribution is -0.148. The maximum absolute atomic E-state index is 12.3. The van der Waals surface area contributed by atoms with Crippen molar-refractivity contribution in [3.63, 3.8) is 0 Å². The topological polar surface area (TPSA) is 15.3 Å². The molecular formula is C15H20ClF3N2. The Balaban J connectivity index is 1.79. The molecule has 1 atom stereocenters. The number of likely N-dealkylation sites (tertiary alicyclic amines) is 1. The zero-order chi connectivity index (χ0) is 15.5. The molecule has 0 saturated carbocycles. The Labute approximate surface area is 128 Å². The Bertz CT molecular complexity index is 439. The first-order valence-corrected chi connectivity index (χ1v) is 7.52. The van der Waals surface area contributed by atoms with Crippen LogP contribution in [0.15, 0.2) is 24.3 Å². The standard InChI is InChI=1S/C15H20ClF3N2/c1-11(12-2-4-13(16)5-3-12)20-14-6-8-21(9-7-14)10-15(17,18)19/h2-5,11,14,20H,6-10H2,1H3. The van der Waals surface area contributed by atoms with E-state index in [4.69, 9.17) is 11.6 Å². The monoisotopic (exact) mass is 320 g/mol. The third-order valence-corrected chi connectivity index (χ3v) is 4.10. The van der Waals surface area contributed by atoms with Crippen molar-refractivity contribution in [3.05, 3.63) is 34.9 Å². The van der Waals surface area contributed by atoms with Crippen LogP contribution in [0.1, 0.15) is 31.4 Å². The van der Waals surface area contributed by atoms with Crippen LogP contribution in [0.4, 0.5) is 13.2 Å². The van der Waals surface area contributed by atoms with Crippen LogP contribution in [-0.4, -0.2) is 36.8 Å². The Morgan fingerprint density at radius 1 is 1.24 bits per heavy atom. The zero-order valence-electron chi connectivity index (χ0n) is 12.0. The maximum atomic E-state index is 12.3. The molecule has 0 spiro atoms. The average Bonchev–Trinajstić information content (AvgIpc) is 2.40. The lowest BCUT2D eigenvalue weighted by Gasteiger charge is -2.34. The minimum Gasteiger partial charge on any atom is -0.307 e. The number of piperidine rings is 1. The van der Waals surface area contributed by atoms with Gasteiger partial charge in [0.15, 0.2) is 0 Å². The minimum atomic E-state index is -4.10. The summed E-state index contributed by atoms with van der Waals surface area (Å²) in [5.41, 5.74) is 1.14. The molecule has 6 heteroatoms. The van der Waals surface area contributed by atoms with Gasteiger partial charge in [0, 0.05) is 17.1 Å². The van der Waals surface area contributed by atoms with Crippen LogP contribution in [0.3, 0.4) is 0 Å². The summed E-state index contributed by atoms with van der Waals surface area (Å²) in [6.45, 7) is 2.24. The number of nitrogens with one attached hydrogen (secondary N) is 1. The molecule has 0 aliphatic carbocycles. The molecule has 0 bridgehead atoms. The Morgan fingerprint density at radius 2 is 1.81 bits per heavy atom.